The van der Waals surface area contributed by atoms with E-state index < -0.39 is 4.92 Å². The van der Waals surface area contributed by atoms with E-state index in [4.69, 9.17) is 16.6 Å². The molecule has 0 bridgehead atoms. The summed E-state index contributed by atoms with van der Waals surface area (Å²) in [5.74, 6) is 0.528. The van der Waals surface area contributed by atoms with Crippen molar-refractivity contribution in [1.82, 2.24) is 9.55 Å². The first-order chi connectivity index (χ1) is 15.9. The summed E-state index contributed by atoms with van der Waals surface area (Å²) in [7, 11) is 0. The Hall–Kier alpha value is -2.68. The molecule has 0 amide bonds. The molecule has 0 aliphatic heterocycles. The number of thiophene rings is 1. The number of fused-ring (bicyclic) bond motifs is 3. The van der Waals surface area contributed by atoms with Crippen LogP contribution in [0.25, 0.3) is 15.9 Å². The SMILES string of the molecule is Cc1ccc(-n2c(SCc3ccc([N+](=O)[O-])cc3)nc3sc4c(c3c2=O)CCCC4)cc1Cl. The van der Waals surface area contributed by atoms with E-state index in [0.717, 1.165) is 52.6 Å². The van der Waals surface area contributed by atoms with Gasteiger partial charge in [0.05, 0.1) is 16.0 Å². The first kappa shape index (κ1) is 22.1. The Balaban J connectivity index is 1.62. The number of hydrogen-bond acceptors (Lipinski definition) is 6. The van der Waals surface area contributed by atoms with E-state index in [-0.39, 0.29) is 11.2 Å². The second kappa shape index (κ2) is 8.93. The van der Waals surface area contributed by atoms with Gasteiger partial charge in [-0.05, 0) is 61.4 Å². The topological polar surface area (TPSA) is 78.0 Å². The molecule has 2 aromatic carbocycles. The summed E-state index contributed by atoms with van der Waals surface area (Å²) in [5, 5.41) is 12.8. The predicted octanol–water partition coefficient (Wildman–Crippen LogP) is 6.49. The molecule has 0 saturated heterocycles. The highest BCUT2D eigenvalue weighted by atomic mass is 35.5. The summed E-state index contributed by atoms with van der Waals surface area (Å²) in [5.41, 5.74) is 3.68. The molecule has 0 N–H and O–H groups in total. The summed E-state index contributed by atoms with van der Waals surface area (Å²) in [6, 6.07) is 12.1. The second-order valence-corrected chi connectivity index (χ2v) is 10.5. The molecule has 0 radical (unpaired) electrons. The third-order valence-electron chi connectivity index (χ3n) is 5.89. The zero-order valence-corrected chi connectivity index (χ0v) is 20.2. The minimum atomic E-state index is -0.413. The highest BCUT2D eigenvalue weighted by Crippen LogP contribution is 2.36. The number of nitro groups is 1. The molecule has 0 atom stereocenters. The summed E-state index contributed by atoms with van der Waals surface area (Å²) < 4.78 is 1.66. The molecule has 33 heavy (non-hydrogen) atoms. The average molecular weight is 498 g/mol. The van der Waals surface area contributed by atoms with Gasteiger partial charge in [-0.2, -0.15) is 0 Å². The highest BCUT2D eigenvalue weighted by molar-refractivity contribution is 7.98. The molecule has 0 fully saturated rings. The Labute approximate surface area is 203 Å². The summed E-state index contributed by atoms with van der Waals surface area (Å²) in [6.45, 7) is 1.93. The first-order valence-electron chi connectivity index (χ1n) is 10.6. The predicted molar refractivity (Wildman–Crippen MR) is 134 cm³/mol. The Morgan fingerprint density at radius 3 is 2.67 bits per heavy atom. The molecular weight excluding hydrogens is 478 g/mol. The molecule has 0 unspecified atom stereocenters. The third kappa shape index (κ3) is 4.18. The van der Waals surface area contributed by atoms with Crippen LogP contribution < -0.4 is 5.56 Å². The van der Waals surface area contributed by atoms with E-state index in [2.05, 4.69) is 0 Å². The van der Waals surface area contributed by atoms with Gasteiger partial charge in [-0.3, -0.25) is 19.5 Å². The summed E-state index contributed by atoms with van der Waals surface area (Å²) >= 11 is 9.46. The molecule has 1 aliphatic carbocycles. The number of non-ortho nitro benzene ring substituents is 1. The highest BCUT2D eigenvalue weighted by Gasteiger charge is 2.23. The fraction of sp³-hybridized carbons (Fsp3) is 0.250. The van der Waals surface area contributed by atoms with Crippen molar-refractivity contribution in [1.29, 1.82) is 0 Å². The van der Waals surface area contributed by atoms with Gasteiger partial charge in [0.2, 0.25) is 0 Å². The van der Waals surface area contributed by atoms with E-state index in [1.165, 1.54) is 28.8 Å². The third-order valence-corrected chi connectivity index (χ3v) is 8.49. The van der Waals surface area contributed by atoms with Gasteiger partial charge in [-0.25, -0.2) is 4.98 Å². The lowest BCUT2D eigenvalue weighted by atomic mass is 9.97. The number of aryl methyl sites for hydroxylation is 3. The molecule has 0 saturated carbocycles. The van der Waals surface area contributed by atoms with Crippen LogP contribution in [0, 0.1) is 17.0 Å². The normalized spacial score (nSPS) is 13.3. The van der Waals surface area contributed by atoms with Gasteiger partial charge in [0.25, 0.3) is 11.2 Å². The van der Waals surface area contributed by atoms with Crippen molar-refractivity contribution >= 4 is 50.6 Å². The Bertz CT molecular complexity index is 1440. The fourth-order valence-electron chi connectivity index (χ4n) is 4.09. The molecule has 9 heteroatoms. The number of thioether (sulfide) groups is 1. The van der Waals surface area contributed by atoms with Crippen molar-refractivity contribution in [2.45, 2.75) is 43.5 Å². The number of aromatic nitrogens is 2. The molecule has 5 rings (SSSR count). The van der Waals surface area contributed by atoms with Crippen molar-refractivity contribution < 1.29 is 4.92 Å². The molecule has 4 aromatic rings. The van der Waals surface area contributed by atoms with E-state index in [0.29, 0.717) is 21.6 Å². The minimum absolute atomic E-state index is 0.0543. The molecule has 6 nitrogen and oxygen atoms in total. The van der Waals surface area contributed by atoms with Gasteiger partial charge in [0.15, 0.2) is 5.16 Å². The van der Waals surface area contributed by atoms with Crippen LogP contribution in [0.4, 0.5) is 5.69 Å². The van der Waals surface area contributed by atoms with Crippen molar-refractivity contribution in [3.63, 3.8) is 0 Å². The fourth-order valence-corrected chi connectivity index (χ4v) is 6.54. The maximum Gasteiger partial charge on any atom is 0.269 e. The van der Waals surface area contributed by atoms with E-state index >= 15 is 0 Å². The summed E-state index contributed by atoms with van der Waals surface area (Å²) in [6.07, 6.45) is 4.14. The maximum atomic E-state index is 13.8. The average Bonchev–Trinajstić information content (AvgIpc) is 3.18. The summed E-state index contributed by atoms with van der Waals surface area (Å²) in [4.78, 5) is 31.3. The van der Waals surface area contributed by atoms with Crippen LogP contribution in [0.5, 0.6) is 0 Å². The van der Waals surface area contributed by atoms with Gasteiger partial charge in [-0.1, -0.05) is 41.6 Å². The number of nitro benzene ring substituents is 1. The van der Waals surface area contributed by atoms with Crippen LogP contribution >= 0.6 is 34.7 Å². The number of hydrogen-bond donors (Lipinski definition) is 0. The van der Waals surface area contributed by atoms with E-state index in [1.54, 1.807) is 34.1 Å². The van der Waals surface area contributed by atoms with Crippen LogP contribution in [0.2, 0.25) is 5.02 Å². The van der Waals surface area contributed by atoms with Crippen molar-refractivity contribution in [3.05, 3.63) is 89.5 Å². The lowest BCUT2D eigenvalue weighted by molar-refractivity contribution is -0.384. The Kier molecular flexibility index (Phi) is 5.99. The van der Waals surface area contributed by atoms with Gasteiger partial charge in [0.1, 0.15) is 4.83 Å². The van der Waals surface area contributed by atoms with Crippen LogP contribution in [0.1, 0.15) is 34.4 Å². The van der Waals surface area contributed by atoms with E-state index in [9.17, 15) is 14.9 Å². The zero-order valence-electron chi connectivity index (χ0n) is 17.8. The van der Waals surface area contributed by atoms with Crippen molar-refractivity contribution in [2.24, 2.45) is 0 Å². The van der Waals surface area contributed by atoms with Crippen molar-refractivity contribution in [2.75, 3.05) is 0 Å². The lowest BCUT2D eigenvalue weighted by Crippen LogP contribution is -2.22. The standard InChI is InChI=1S/C24H20ClN3O3S2/c1-14-6-9-17(12-19(14)25)27-23(29)21-18-4-2-3-5-20(18)33-22(21)26-24(27)32-13-15-7-10-16(11-8-15)28(30)31/h6-12H,2-5,13H2,1H3. The van der Waals surface area contributed by atoms with Gasteiger partial charge in [0, 0.05) is 27.8 Å². The van der Waals surface area contributed by atoms with Crippen molar-refractivity contribution in [3.8, 4) is 5.69 Å². The monoisotopic (exact) mass is 497 g/mol. The molecule has 0 spiro atoms. The quantitative estimate of drug-likeness (QED) is 0.136. The van der Waals surface area contributed by atoms with Crippen LogP contribution in [0.3, 0.4) is 0 Å². The first-order valence-corrected chi connectivity index (χ1v) is 12.8. The Morgan fingerprint density at radius 1 is 1.18 bits per heavy atom. The molecule has 1 aliphatic rings. The smallest absolute Gasteiger partial charge is 0.268 e. The number of benzene rings is 2. The van der Waals surface area contributed by atoms with Crippen LogP contribution in [0.15, 0.2) is 52.4 Å². The Morgan fingerprint density at radius 2 is 1.94 bits per heavy atom. The number of nitrogens with zero attached hydrogens (tertiary/aromatic N) is 3. The van der Waals surface area contributed by atoms with Crippen LogP contribution in [-0.4, -0.2) is 14.5 Å². The molecule has 2 aromatic heterocycles. The maximum absolute atomic E-state index is 13.8. The lowest BCUT2D eigenvalue weighted by Gasteiger charge is -2.14. The van der Waals surface area contributed by atoms with Crippen LogP contribution in [-0.2, 0) is 18.6 Å². The molecule has 168 valence electrons. The number of halogens is 1. The minimum Gasteiger partial charge on any atom is -0.268 e. The molecular formula is C24H20ClN3O3S2. The van der Waals surface area contributed by atoms with Gasteiger partial charge in [-0.15, -0.1) is 11.3 Å². The van der Waals surface area contributed by atoms with Gasteiger partial charge >= 0.3 is 0 Å². The zero-order chi connectivity index (χ0) is 23.1. The second-order valence-electron chi connectivity index (χ2n) is 8.07. The van der Waals surface area contributed by atoms with Gasteiger partial charge < -0.3 is 0 Å². The molecule has 2 heterocycles. The van der Waals surface area contributed by atoms with E-state index in [1.807, 2.05) is 19.1 Å². The number of rotatable bonds is 5. The largest absolute Gasteiger partial charge is 0.269 e.